The molecule has 1 heterocycles. The van der Waals surface area contributed by atoms with E-state index in [2.05, 4.69) is 0 Å². The van der Waals surface area contributed by atoms with Crippen LogP contribution >= 0.6 is 23.2 Å². The van der Waals surface area contributed by atoms with Gasteiger partial charge < -0.3 is 19.1 Å². The Kier molecular flexibility index (Phi) is 8.18. The lowest BCUT2D eigenvalue weighted by Crippen LogP contribution is -2.40. The molecule has 2 aromatic carbocycles. The Balaban J connectivity index is 1.97. The molecule has 2 aromatic rings. The Morgan fingerprint density at radius 2 is 1.91 bits per heavy atom. The van der Waals surface area contributed by atoms with Crippen molar-refractivity contribution < 1.29 is 23.8 Å². The molecule has 1 unspecified atom stereocenters. The standard InChI is InChI=1S/C24H25Cl2NO5/c1-15-23(24(29)32-14-16-6-4-5-7-21(16)31-3)19(13-22(28)27(15)10-11-30-2)18-9-8-17(25)12-20(18)26/h4-9,12,19H,10-11,13-14H2,1-3H3. The first-order valence-electron chi connectivity index (χ1n) is 10.1. The topological polar surface area (TPSA) is 65.1 Å². The predicted octanol–water partition coefficient (Wildman–Crippen LogP) is 4.98. The molecule has 3 rings (SSSR count). The number of rotatable bonds is 8. The van der Waals surface area contributed by atoms with Crippen LogP contribution in [0, 0.1) is 0 Å². The summed E-state index contributed by atoms with van der Waals surface area (Å²) in [5, 5.41) is 0.868. The van der Waals surface area contributed by atoms with Crippen LogP contribution in [0.4, 0.5) is 0 Å². The van der Waals surface area contributed by atoms with Crippen molar-refractivity contribution in [2.24, 2.45) is 0 Å². The largest absolute Gasteiger partial charge is 0.496 e. The summed E-state index contributed by atoms with van der Waals surface area (Å²) in [6, 6.07) is 12.4. The van der Waals surface area contributed by atoms with Crippen molar-refractivity contribution in [2.75, 3.05) is 27.4 Å². The summed E-state index contributed by atoms with van der Waals surface area (Å²) in [6.07, 6.45) is 0.0848. The maximum atomic E-state index is 13.3. The number of carbonyl (C=O) groups is 2. The van der Waals surface area contributed by atoms with E-state index in [1.54, 1.807) is 50.3 Å². The molecular formula is C24H25Cl2NO5. The van der Waals surface area contributed by atoms with Crippen LogP contribution < -0.4 is 4.74 Å². The highest BCUT2D eigenvalue weighted by molar-refractivity contribution is 6.35. The minimum Gasteiger partial charge on any atom is -0.496 e. The maximum absolute atomic E-state index is 13.3. The van der Waals surface area contributed by atoms with E-state index in [1.165, 1.54) is 0 Å². The minimum absolute atomic E-state index is 0.0344. The normalized spacial score (nSPS) is 16.3. The SMILES string of the molecule is COCCN1C(=O)CC(c2ccc(Cl)cc2Cl)C(C(=O)OCc2ccccc2OC)=C1C. The van der Waals surface area contributed by atoms with Gasteiger partial charge in [0.25, 0.3) is 0 Å². The number of ether oxygens (including phenoxy) is 3. The fraction of sp³-hybridized carbons (Fsp3) is 0.333. The van der Waals surface area contributed by atoms with Gasteiger partial charge in [0.05, 0.1) is 19.3 Å². The number of esters is 1. The van der Waals surface area contributed by atoms with Crippen LogP contribution in [0.2, 0.25) is 10.0 Å². The molecule has 0 spiro atoms. The fourth-order valence-electron chi connectivity index (χ4n) is 3.83. The first-order chi connectivity index (χ1) is 15.4. The Morgan fingerprint density at radius 3 is 2.59 bits per heavy atom. The number of halogens is 2. The van der Waals surface area contributed by atoms with Crippen molar-refractivity contribution in [2.45, 2.75) is 25.9 Å². The van der Waals surface area contributed by atoms with Gasteiger partial charge in [0, 0.05) is 47.3 Å². The third-order valence-corrected chi connectivity index (χ3v) is 6.01. The third-order valence-electron chi connectivity index (χ3n) is 5.45. The Morgan fingerprint density at radius 1 is 1.16 bits per heavy atom. The average molecular weight is 478 g/mol. The molecule has 0 aromatic heterocycles. The van der Waals surface area contributed by atoms with Gasteiger partial charge in [-0.3, -0.25) is 4.79 Å². The monoisotopic (exact) mass is 477 g/mol. The predicted molar refractivity (Wildman–Crippen MR) is 123 cm³/mol. The first kappa shape index (κ1) is 24.1. The van der Waals surface area contributed by atoms with Crippen molar-refractivity contribution in [1.82, 2.24) is 4.90 Å². The van der Waals surface area contributed by atoms with Gasteiger partial charge in [-0.2, -0.15) is 0 Å². The molecule has 0 saturated carbocycles. The summed E-state index contributed by atoms with van der Waals surface area (Å²) in [7, 11) is 3.12. The molecule has 0 saturated heterocycles. The minimum atomic E-state index is -0.545. The van der Waals surface area contributed by atoms with Crippen LogP contribution in [0.3, 0.4) is 0 Å². The van der Waals surface area contributed by atoms with Crippen LogP contribution in [0.5, 0.6) is 5.75 Å². The molecule has 6 nitrogen and oxygen atoms in total. The molecule has 0 N–H and O–H groups in total. The highest BCUT2D eigenvalue weighted by Gasteiger charge is 2.37. The summed E-state index contributed by atoms with van der Waals surface area (Å²) >= 11 is 12.5. The van der Waals surface area contributed by atoms with Crippen molar-refractivity contribution >= 4 is 35.1 Å². The van der Waals surface area contributed by atoms with E-state index in [0.29, 0.717) is 45.8 Å². The molecular weight excluding hydrogens is 453 g/mol. The van der Waals surface area contributed by atoms with E-state index in [-0.39, 0.29) is 18.9 Å². The zero-order valence-electron chi connectivity index (χ0n) is 18.2. The highest BCUT2D eigenvalue weighted by atomic mass is 35.5. The molecule has 8 heteroatoms. The van der Waals surface area contributed by atoms with Crippen LogP contribution in [-0.4, -0.2) is 44.1 Å². The van der Waals surface area contributed by atoms with Gasteiger partial charge in [-0.15, -0.1) is 0 Å². The summed E-state index contributed by atoms with van der Waals surface area (Å²) in [5.74, 6) is -0.545. The lowest BCUT2D eigenvalue weighted by molar-refractivity contribution is -0.141. The fourth-order valence-corrected chi connectivity index (χ4v) is 4.37. The van der Waals surface area contributed by atoms with Gasteiger partial charge in [0.15, 0.2) is 0 Å². The van der Waals surface area contributed by atoms with E-state index >= 15 is 0 Å². The van der Waals surface area contributed by atoms with E-state index in [4.69, 9.17) is 37.4 Å². The van der Waals surface area contributed by atoms with Crippen molar-refractivity contribution in [3.63, 3.8) is 0 Å². The van der Waals surface area contributed by atoms with Crippen LogP contribution in [0.1, 0.15) is 30.4 Å². The van der Waals surface area contributed by atoms with E-state index < -0.39 is 11.9 Å². The zero-order chi connectivity index (χ0) is 23.3. The van der Waals surface area contributed by atoms with Crippen molar-refractivity contribution in [3.8, 4) is 5.75 Å². The van der Waals surface area contributed by atoms with Gasteiger partial charge in [-0.05, 0) is 30.7 Å². The molecule has 0 radical (unpaired) electrons. The van der Waals surface area contributed by atoms with Crippen molar-refractivity contribution in [3.05, 3.63) is 74.9 Å². The van der Waals surface area contributed by atoms with Gasteiger partial charge in [0.2, 0.25) is 5.91 Å². The number of hydrogen-bond acceptors (Lipinski definition) is 5. The molecule has 1 aliphatic rings. The molecule has 1 aliphatic heterocycles. The number of para-hydroxylation sites is 1. The molecule has 170 valence electrons. The number of amides is 1. The summed E-state index contributed by atoms with van der Waals surface area (Å²) < 4.78 is 16.1. The first-order valence-corrected chi connectivity index (χ1v) is 10.9. The number of benzene rings is 2. The molecule has 0 fully saturated rings. The van der Waals surface area contributed by atoms with Gasteiger partial charge in [-0.25, -0.2) is 4.79 Å². The van der Waals surface area contributed by atoms with Gasteiger partial charge in [-0.1, -0.05) is 47.5 Å². The third kappa shape index (κ3) is 5.26. The molecule has 0 aliphatic carbocycles. The van der Waals surface area contributed by atoms with Crippen LogP contribution in [-0.2, 0) is 25.7 Å². The Hall–Kier alpha value is -2.54. The number of nitrogens with zero attached hydrogens (tertiary/aromatic N) is 1. The van der Waals surface area contributed by atoms with E-state index in [0.717, 1.165) is 5.56 Å². The maximum Gasteiger partial charge on any atom is 0.336 e. The van der Waals surface area contributed by atoms with Crippen LogP contribution in [0.15, 0.2) is 53.7 Å². The summed E-state index contributed by atoms with van der Waals surface area (Å²) in [6.45, 7) is 2.46. The lowest BCUT2D eigenvalue weighted by Gasteiger charge is -2.34. The number of hydrogen-bond donors (Lipinski definition) is 0. The smallest absolute Gasteiger partial charge is 0.336 e. The van der Waals surface area contributed by atoms with Crippen molar-refractivity contribution in [1.29, 1.82) is 0 Å². The van der Waals surface area contributed by atoms with Gasteiger partial charge in [0.1, 0.15) is 12.4 Å². The number of allylic oxidation sites excluding steroid dienone is 1. The molecule has 0 bridgehead atoms. The summed E-state index contributed by atoms with van der Waals surface area (Å²) in [5.41, 5.74) is 2.31. The second-order valence-corrected chi connectivity index (χ2v) is 8.19. The quantitative estimate of drug-likeness (QED) is 0.501. The van der Waals surface area contributed by atoms with E-state index in [9.17, 15) is 9.59 Å². The lowest BCUT2D eigenvalue weighted by atomic mass is 9.83. The molecule has 32 heavy (non-hydrogen) atoms. The summed E-state index contributed by atoms with van der Waals surface area (Å²) in [4.78, 5) is 27.8. The van der Waals surface area contributed by atoms with Gasteiger partial charge >= 0.3 is 5.97 Å². The molecule has 1 amide bonds. The average Bonchev–Trinajstić information content (AvgIpc) is 2.77. The number of methoxy groups -OCH3 is 2. The van der Waals surface area contributed by atoms with Crippen LogP contribution in [0.25, 0.3) is 0 Å². The zero-order valence-corrected chi connectivity index (χ0v) is 19.7. The number of carbonyl (C=O) groups excluding carboxylic acids is 2. The van der Waals surface area contributed by atoms with E-state index in [1.807, 2.05) is 18.2 Å². The Labute approximate surface area is 197 Å². The molecule has 1 atom stereocenters. The second-order valence-electron chi connectivity index (χ2n) is 7.35. The Bertz CT molecular complexity index is 1040. The second kappa shape index (κ2) is 10.9. The highest BCUT2D eigenvalue weighted by Crippen LogP contribution is 2.40.